The van der Waals surface area contributed by atoms with Crippen LogP contribution in [0.15, 0.2) is 12.4 Å². The van der Waals surface area contributed by atoms with E-state index in [1.54, 1.807) is 12.4 Å². The summed E-state index contributed by atoms with van der Waals surface area (Å²) in [6, 6.07) is 0. The second-order valence-electron chi connectivity index (χ2n) is 3.37. The summed E-state index contributed by atoms with van der Waals surface area (Å²) in [5.41, 5.74) is 0. The molecule has 0 aliphatic carbocycles. The van der Waals surface area contributed by atoms with E-state index in [2.05, 4.69) is 34.0 Å². The predicted molar refractivity (Wildman–Crippen MR) is 64.9 cm³/mol. The van der Waals surface area contributed by atoms with Gasteiger partial charge in [0.15, 0.2) is 0 Å². The summed E-state index contributed by atoms with van der Waals surface area (Å²) in [6.07, 6.45) is 3.29. The molecule has 0 amide bonds. The number of nitrogens with one attached hydrogen (secondary N) is 1. The lowest BCUT2D eigenvalue weighted by molar-refractivity contribution is 0.217. The third-order valence-corrected chi connectivity index (χ3v) is 2.42. The normalized spacial score (nSPS) is 10.5. The Morgan fingerprint density at radius 1 is 1.31 bits per heavy atom. The van der Waals surface area contributed by atoms with Gasteiger partial charge >= 0.3 is 0 Å². The van der Waals surface area contributed by atoms with Gasteiger partial charge in [0.1, 0.15) is 12.4 Å². The zero-order chi connectivity index (χ0) is 11.8. The lowest BCUT2D eigenvalue weighted by Gasteiger charge is -2.17. The van der Waals surface area contributed by atoms with Gasteiger partial charge in [-0.25, -0.2) is 0 Å². The van der Waals surface area contributed by atoms with Crippen molar-refractivity contribution in [1.82, 2.24) is 14.9 Å². The van der Waals surface area contributed by atoms with Gasteiger partial charge in [-0.05, 0) is 13.1 Å². The Morgan fingerprint density at radius 2 is 2.06 bits per heavy atom. The number of likely N-dealkylation sites (N-methyl/N-ethyl adjacent to an activating group) is 1. The third-order valence-electron chi connectivity index (χ3n) is 2.42. The maximum atomic E-state index is 5.53. The molecule has 5 nitrogen and oxygen atoms in total. The molecule has 0 spiro atoms. The van der Waals surface area contributed by atoms with Crippen molar-refractivity contribution in [2.75, 3.05) is 38.6 Å². The number of hydrogen-bond donors (Lipinski definition) is 1. The monoisotopic (exact) mass is 224 g/mol. The van der Waals surface area contributed by atoms with E-state index in [0.29, 0.717) is 12.5 Å². The first-order valence-corrected chi connectivity index (χ1v) is 5.65. The zero-order valence-electron chi connectivity index (χ0n) is 10.2. The number of hydrogen-bond acceptors (Lipinski definition) is 5. The summed E-state index contributed by atoms with van der Waals surface area (Å²) < 4.78 is 5.53. The first kappa shape index (κ1) is 12.7. The smallest absolute Gasteiger partial charge is 0.234 e. The highest BCUT2D eigenvalue weighted by molar-refractivity contribution is 5.31. The van der Waals surface area contributed by atoms with Gasteiger partial charge in [0, 0.05) is 13.6 Å². The first-order chi connectivity index (χ1) is 7.80. The van der Waals surface area contributed by atoms with Crippen LogP contribution < -0.4 is 10.1 Å². The second-order valence-corrected chi connectivity index (χ2v) is 3.37. The van der Waals surface area contributed by atoms with Crippen molar-refractivity contribution < 1.29 is 4.74 Å². The Hall–Kier alpha value is -1.36. The van der Waals surface area contributed by atoms with Crippen molar-refractivity contribution in [2.45, 2.75) is 13.8 Å². The van der Waals surface area contributed by atoms with Crippen LogP contribution in [0.25, 0.3) is 0 Å². The van der Waals surface area contributed by atoms with Crippen molar-refractivity contribution >= 4 is 5.82 Å². The van der Waals surface area contributed by atoms with Gasteiger partial charge in [-0.1, -0.05) is 13.8 Å². The van der Waals surface area contributed by atoms with E-state index in [1.807, 2.05) is 7.05 Å². The average molecular weight is 224 g/mol. The molecule has 0 saturated heterocycles. The van der Waals surface area contributed by atoms with E-state index in [9.17, 15) is 0 Å². The molecule has 5 heteroatoms. The quantitative estimate of drug-likeness (QED) is 0.755. The van der Waals surface area contributed by atoms with Gasteiger partial charge in [-0.3, -0.25) is 4.98 Å². The van der Waals surface area contributed by atoms with Gasteiger partial charge in [0.05, 0.1) is 12.4 Å². The fourth-order valence-corrected chi connectivity index (χ4v) is 1.36. The van der Waals surface area contributed by atoms with Crippen LogP contribution in [0.1, 0.15) is 13.8 Å². The molecule has 0 aromatic carbocycles. The molecular weight excluding hydrogens is 204 g/mol. The lowest BCUT2D eigenvalue weighted by atomic mass is 10.5. The lowest BCUT2D eigenvalue weighted by Crippen LogP contribution is -2.28. The van der Waals surface area contributed by atoms with Crippen LogP contribution in [0.3, 0.4) is 0 Å². The second kappa shape index (κ2) is 7.00. The Bertz CT molecular complexity index is 302. The van der Waals surface area contributed by atoms with Gasteiger partial charge in [0.25, 0.3) is 0 Å². The van der Waals surface area contributed by atoms with Crippen LogP contribution in [0.2, 0.25) is 0 Å². The standard InChI is InChI=1S/C11H20N4O/c1-4-15(5-2)6-7-16-11-9-13-8-10(12-3)14-11/h8-9H,4-7H2,1-3H3,(H,12,14). The summed E-state index contributed by atoms with van der Waals surface area (Å²) in [7, 11) is 1.81. The van der Waals surface area contributed by atoms with E-state index in [-0.39, 0.29) is 0 Å². The van der Waals surface area contributed by atoms with E-state index in [4.69, 9.17) is 4.74 Å². The summed E-state index contributed by atoms with van der Waals surface area (Å²) in [6.45, 7) is 7.93. The van der Waals surface area contributed by atoms with Crippen LogP contribution in [-0.2, 0) is 0 Å². The number of rotatable bonds is 7. The predicted octanol–water partition coefficient (Wildman–Crippen LogP) is 1.24. The fourth-order valence-electron chi connectivity index (χ4n) is 1.36. The van der Waals surface area contributed by atoms with E-state index < -0.39 is 0 Å². The van der Waals surface area contributed by atoms with E-state index in [0.717, 1.165) is 25.5 Å². The molecule has 0 bridgehead atoms. The zero-order valence-corrected chi connectivity index (χ0v) is 10.2. The van der Waals surface area contributed by atoms with Crippen molar-refractivity contribution in [1.29, 1.82) is 0 Å². The number of aromatic nitrogens is 2. The molecule has 1 rings (SSSR count). The van der Waals surface area contributed by atoms with Crippen LogP contribution in [0.5, 0.6) is 5.88 Å². The Kier molecular flexibility index (Phi) is 5.56. The molecule has 0 unspecified atom stereocenters. The van der Waals surface area contributed by atoms with Gasteiger partial charge in [-0.15, -0.1) is 0 Å². The minimum atomic E-state index is 0.569. The molecule has 1 N–H and O–H groups in total. The van der Waals surface area contributed by atoms with E-state index >= 15 is 0 Å². The molecule has 0 atom stereocenters. The van der Waals surface area contributed by atoms with Gasteiger partial charge in [0.2, 0.25) is 5.88 Å². The molecule has 0 aliphatic heterocycles. The highest BCUT2D eigenvalue weighted by Gasteiger charge is 2.01. The topological polar surface area (TPSA) is 50.3 Å². The molecule has 90 valence electrons. The summed E-state index contributed by atoms with van der Waals surface area (Å²) >= 11 is 0. The fraction of sp³-hybridized carbons (Fsp3) is 0.636. The van der Waals surface area contributed by atoms with Crippen molar-refractivity contribution in [3.63, 3.8) is 0 Å². The molecular formula is C11H20N4O. The van der Waals surface area contributed by atoms with Crippen LogP contribution in [-0.4, -0.2) is 48.2 Å². The molecule has 0 fully saturated rings. The summed E-state index contributed by atoms with van der Waals surface area (Å²) in [4.78, 5) is 10.6. The SMILES string of the molecule is CCN(CC)CCOc1cncc(NC)n1. The van der Waals surface area contributed by atoms with Crippen molar-refractivity contribution in [3.05, 3.63) is 12.4 Å². The molecule has 0 aliphatic rings. The maximum Gasteiger partial charge on any atom is 0.234 e. The number of anilines is 1. The highest BCUT2D eigenvalue weighted by Crippen LogP contribution is 2.07. The average Bonchev–Trinajstić information content (AvgIpc) is 2.35. The molecule has 0 saturated carbocycles. The van der Waals surface area contributed by atoms with Crippen LogP contribution in [0, 0.1) is 0 Å². The van der Waals surface area contributed by atoms with Gasteiger partial charge < -0.3 is 15.0 Å². The molecule has 1 aromatic rings. The molecule has 1 heterocycles. The van der Waals surface area contributed by atoms with Crippen molar-refractivity contribution in [2.24, 2.45) is 0 Å². The highest BCUT2D eigenvalue weighted by atomic mass is 16.5. The van der Waals surface area contributed by atoms with Crippen LogP contribution in [0.4, 0.5) is 5.82 Å². The summed E-state index contributed by atoms with van der Waals surface area (Å²) in [5.74, 6) is 1.29. The Balaban J connectivity index is 2.36. The minimum Gasteiger partial charge on any atom is -0.475 e. The number of ether oxygens (including phenoxy) is 1. The Labute approximate surface area is 96.8 Å². The minimum absolute atomic E-state index is 0.569. The Morgan fingerprint density at radius 3 is 2.69 bits per heavy atom. The van der Waals surface area contributed by atoms with E-state index in [1.165, 1.54) is 0 Å². The summed E-state index contributed by atoms with van der Waals surface area (Å²) in [5, 5.41) is 2.92. The van der Waals surface area contributed by atoms with Gasteiger partial charge in [-0.2, -0.15) is 4.98 Å². The number of nitrogens with zero attached hydrogens (tertiary/aromatic N) is 3. The first-order valence-electron chi connectivity index (χ1n) is 5.65. The molecule has 1 aromatic heterocycles. The third kappa shape index (κ3) is 4.02. The molecule has 0 radical (unpaired) electrons. The largest absolute Gasteiger partial charge is 0.475 e. The molecule has 16 heavy (non-hydrogen) atoms. The maximum absolute atomic E-state index is 5.53. The van der Waals surface area contributed by atoms with Crippen molar-refractivity contribution in [3.8, 4) is 5.88 Å². The van der Waals surface area contributed by atoms with Crippen LogP contribution >= 0.6 is 0 Å².